The zero-order valence-corrected chi connectivity index (χ0v) is 11.0. The van der Waals surface area contributed by atoms with Crippen molar-refractivity contribution in [1.29, 1.82) is 0 Å². The summed E-state index contributed by atoms with van der Waals surface area (Å²) in [6.07, 6.45) is 1.89. The summed E-state index contributed by atoms with van der Waals surface area (Å²) < 4.78 is 16.0. The SMILES string of the molecule is Cn1ccc(CNCc2cc(Br)ccc2F)n1. The molecule has 3 nitrogen and oxygen atoms in total. The Kier molecular flexibility index (Phi) is 3.91. The molecule has 0 spiro atoms. The van der Waals surface area contributed by atoms with Crippen molar-refractivity contribution >= 4 is 15.9 Å². The fraction of sp³-hybridized carbons (Fsp3) is 0.250. The Labute approximate surface area is 108 Å². The highest BCUT2D eigenvalue weighted by Crippen LogP contribution is 2.15. The van der Waals surface area contributed by atoms with Gasteiger partial charge in [-0.1, -0.05) is 15.9 Å². The predicted octanol–water partition coefficient (Wildman–Crippen LogP) is 2.61. The number of benzene rings is 1. The average molecular weight is 298 g/mol. The molecule has 2 aromatic rings. The van der Waals surface area contributed by atoms with E-state index in [-0.39, 0.29) is 5.82 Å². The second-order valence-electron chi connectivity index (χ2n) is 3.82. The number of hydrogen-bond acceptors (Lipinski definition) is 2. The van der Waals surface area contributed by atoms with Gasteiger partial charge in [-0.05, 0) is 24.3 Å². The molecule has 0 saturated carbocycles. The lowest BCUT2D eigenvalue weighted by Gasteiger charge is -2.05. The minimum absolute atomic E-state index is 0.193. The summed E-state index contributed by atoms with van der Waals surface area (Å²) in [5, 5.41) is 7.40. The van der Waals surface area contributed by atoms with Gasteiger partial charge in [-0.2, -0.15) is 5.10 Å². The summed E-state index contributed by atoms with van der Waals surface area (Å²) in [6.45, 7) is 1.12. The van der Waals surface area contributed by atoms with Crippen molar-refractivity contribution in [1.82, 2.24) is 15.1 Å². The lowest BCUT2D eigenvalue weighted by Crippen LogP contribution is -2.14. The van der Waals surface area contributed by atoms with Crippen molar-refractivity contribution in [3.63, 3.8) is 0 Å². The summed E-state index contributed by atoms with van der Waals surface area (Å²) in [4.78, 5) is 0. The average Bonchev–Trinajstić information content (AvgIpc) is 2.69. The van der Waals surface area contributed by atoms with E-state index in [1.165, 1.54) is 6.07 Å². The van der Waals surface area contributed by atoms with Crippen molar-refractivity contribution in [2.75, 3.05) is 0 Å². The monoisotopic (exact) mass is 297 g/mol. The first-order chi connectivity index (χ1) is 8.15. The normalized spacial score (nSPS) is 10.8. The lowest BCUT2D eigenvalue weighted by atomic mass is 10.2. The van der Waals surface area contributed by atoms with Gasteiger partial charge in [0.15, 0.2) is 0 Å². The van der Waals surface area contributed by atoms with Gasteiger partial charge in [-0.3, -0.25) is 4.68 Å². The van der Waals surface area contributed by atoms with Gasteiger partial charge < -0.3 is 5.32 Å². The number of aromatic nitrogens is 2. The summed E-state index contributed by atoms with van der Waals surface area (Å²) >= 11 is 3.33. The van der Waals surface area contributed by atoms with Crippen LogP contribution in [-0.4, -0.2) is 9.78 Å². The Morgan fingerprint density at radius 3 is 2.88 bits per heavy atom. The number of rotatable bonds is 4. The van der Waals surface area contributed by atoms with Gasteiger partial charge in [0, 0.05) is 36.4 Å². The van der Waals surface area contributed by atoms with Crippen LogP contribution in [0.4, 0.5) is 4.39 Å². The van der Waals surface area contributed by atoms with Crippen LogP contribution in [0, 0.1) is 5.82 Å². The van der Waals surface area contributed by atoms with E-state index in [4.69, 9.17) is 0 Å². The van der Waals surface area contributed by atoms with Crippen molar-refractivity contribution < 1.29 is 4.39 Å². The number of halogens is 2. The quantitative estimate of drug-likeness (QED) is 0.940. The molecule has 1 aromatic carbocycles. The minimum atomic E-state index is -0.193. The van der Waals surface area contributed by atoms with Crippen molar-refractivity contribution in [2.45, 2.75) is 13.1 Å². The number of hydrogen-bond donors (Lipinski definition) is 1. The van der Waals surface area contributed by atoms with Gasteiger partial charge in [-0.25, -0.2) is 4.39 Å². The molecule has 1 N–H and O–H groups in total. The van der Waals surface area contributed by atoms with Crippen LogP contribution in [0.2, 0.25) is 0 Å². The highest BCUT2D eigenvalue weighted by molar-refractivity contribution is 9.10. The van der Waals surface area contributed by atoms with E-state index in [1.54, 1.807) is 16.8 Å². The van der Waals surface area contributed by atoms with Crippen LogP contribution < -0.4 is 5.32 Å². The fourth-order valence-electron chi connectivity index (χ4n) is 1.56. The topological polar surface area (TPSA) is 29.9 Å². The van der Waals surface area contributed by atoms with E-state index in [9.17, 15) is 4.39 Å². The first-order valence-electron chi connectivity index (χ1n) is 5.28. The number of nitrogens with one attached hydrogen (secondary N) is 1. The zero-order chi connectivity index (χ0) is 12.3. The van der Waals surface area contributed by atoms with Crippen molar-refractivity contribution in [3.05, 3.63) is 52.0 Å². The van der Waals surface area contributed by atoms with Crippen LogP contribution in [-0.2, 0) is 20.1 Å². The fourth-order valence-corrected chi connectivity index (χ4v) is 1.97. The maximum absolute atomic E-state index is 13.4. The largest absolute Gasteiger partial charge is 0.307 e. The summed E-state index contributed by atoms with van der Waals surface area (Å²) in [7, 11) is 1.87. The van der Waals surface area contributed by atoms with E-state index in [0.717, 1.165) is 10.2 Å². The molecule has 2 rings (SSSR count). The molecule has 0 unspecified atom stereocenters. The molecule has 1 aromatic heterocycles. The van der Waals surface area contributed by atoms with Crippen molar-refractivity contribution in [3.8, 4) is 0 Å². The molecule has 5 heteroatoms. The van der Waals surface area contributed by atoms with Gasteiger partial charge in [0.05, 0.1) is 5.69 Å². The maximum atomic E-state index is 13.4. The molecule has 0 atom stereocenters. The van der Waals surface area contributed by atoms with Crippen LogP contribution in [0.3, 0.4) is 0 Å². The van der Waals surface area contributed by atoms with Gasteiger partial charge >= 0.3 is 0 Å². The molecular formula is C12H13BrFN3. The standard InChI is InChI=1S/C12H13BrFN3/c1-17-5-4-11(16-17)8-15-7-9-6-10(13)2-3-12(9)14/h2-6,15H,7-8H2,1H3. The van der Waals surface area contributed by atoms with E-state index in [0.29, 0.717) is 18.7 Å². The Bertz CT molecular complexity index is 510. The third kappa shape index (κ3) is 3.38. The van der Waals surface area contributed by atoms with E-state index in [1.807, 2.05) is 19.3 Å². The molecule has 0 radical (unpaired) electrons. The van der Waals surface area contributed by atoms with Crippen LogP contribution in [0.15, 0.2) is 34.9 Å². The highest BCUT2D eigenvalue weighted by atomic mass is 79.9. The van der Waals surface area contributed by atoms with Gasteiger partial charge in [0.2, 0.25) is 0 Å². The molecule has 0 fully saturated rings. The highest BCUT2D eigenvalue weighted by Gasteiger charge is 2.03. The Hall–Kier alpha value is -1.20. The zero-order valence-electron chi connectivity index (χ0n) is 9.45. The van der Waals surface area contributed by atoms with Crippen molar-refractivity contribution in [2.24, 2.45) is 7.05 Å². The first-order valence-corrected chi connectivity index (χ1v) is 6.07. The number of aryl methyl sites for hydroxylation is 1. The van der Waals surface area contributed by atoms with E-state index >= 15 is 0 Å². The van der Waals surface area contributed by atoms with Crippen LogP contribution in [0.25, 0.3) is 0 Å². The van der Waals surface area contributed by atoms with Crippen LogP contribution >= 0.6 is 15.9 Å². The lowest BCUT2D eigenvalue weighted by molar-refractivity contribution is 0.583. The smallest absolute Gasteiger partial charge is 0.127 e. The van der Waals surface area contributed by atoms with Crippen LogP contribution in [0.5, 0.6) is 0 Å². The second-order valence-corrected chi connectivity index (χ2v) is 4.74. The second kappa shape index (κ2) is 5.42. The summed E-state index contributed by atoms with van der Waals surface area (Å²) in [5.41, 5.74) is 1.60. The molecule has 0 amide bonds. The third-order valence-corrected chi connectivity index (χ3v) is 2.89. The first kappa shape index (κ1) is 12.3. The molecular weight excluding hydrogens is 285 g/mol. The van der Waals surface area contributed by atoms with Crippen LogP contribution in [0.1, 0.15) is 11.3 Å². The van der Waals surface area contributed by atoms with E-state index in [2.05, 4.69) is 26.3 Å². The Balaban J connectivity index is 1.91. The number of nitrogens with zero attached hydrogens (tertiary/aromatic N) is 2. The summed E-state index contributed by atoms with van der Waals surface area (Å²) in [6, 6.07) is 6.87. The molecule has 0 saturated heterocycles. The van der Waals surface area contributed by atoms with E-state index < -0.39 is 0 Å². The van der Waals surface area contributed by atoms with Gasteiger partial charge in [0.1, 0.15) is 5.82 Å². The molecule has 1 heterocycles. The Morgan fingerprint density at radius 1 is 1.35 bits per heavy atom. The Morgan fingerprint density at radius 2 is 2.18 bits per heavy atom. The molecule has 17 heavy (non-hydrogen) atoms. The third-order valence-electron chi connectivity index (χ3n) is 2.40. The maximum Gasteiger partial charge on any atom is 0.127 e. The molecule has 0 aliphatic heterocycles. The molecule has 0 bridgehead atoms. The minimum Gasteiger partial charge on any atom is -0.307 e. The van der Waals surface area contributed by atoms with Gasteiger partial charge in [-0.15, -0.1) is 0 Å². The molecule has 90 valence electrons. The predicted molar refractivity (Wildman–Crippen MR) is 67.9 cm³/mol. The van der Waals surface area contributed by atoms with Gasteiger partial charge in [0.25, 0.3) is 0 Å². The summed E-state index contributed by atoms with van der Waals surface area (Å²) in [5.74, 6) is -0.193. The molecule has 0 aliphatic rings. The molecule has 0 aliphatic carbocycles.